The van der Waals surface area contributed by atoms with Crippen LogP contribution >= 0.6 is 23.2 Å². The van der Waals surface area contributed by atoms with Crippen LogP contribution in [0.4, 0.5) is 5.69 Å². The zero-order valence-corrected chi connectivity index (χ0v) is 25.4. The number of amides is 2. The first-order valence-electron chi connectivity index (χ1n) is 12.9. The number of nitrogens with one attached hydrogen (secondary N) is 1. The molecule has 0 radical (unpaired) electrons. The van der Waals surface area contributed by atoms with E-state index >= 15 is 0 Å². The van der Waals surface area contributed by atoms with Crippen LogP contribution in [0, 0.1) is 12.8 Å². The van der Waals surface area contributed by atoms with Gasteiger partial charge in [-0.1, -0.05) is 85.6 Å². The Morgan fingerprint density at radius 2 is 1.57 bits per heavy atom. The van der Waals surface area contributed by atoms with E-state index in [1.54, 1.807) is 43.3 Å². The summed E-state index contributed by atoms with van der Waals surface area (Å²) in [6.45, 7) is 5.79. The number of carbonyl (C=O) groups is 2. The maximum Gasteiger partial charge on any atom is 0.244 e. The van der Waals surface area contributed by atoms with Crippen molar-refractivity contribution >= 4 is 50.7 Å². The molecule has 0 aromatic heterocycles. The van der Waals surface area contributed by atoms with E-state index in [2.05, 4.69) is 5.32 Å². The Hall–Kier alpha value is -3.07. The van der Waals surface area contributed by atoms with Crippen LogP contribution in [-0.4, -0.2) is 50.5 Å². The summed E-state index contributed by atoms with van der Waals surface area (Å²) in [4.78, 5) is 29.1. The number of hydrogen-bond acceptors (Lipinski definition) is 4. The molecule has 1 atom stereocenters. The molecule has 40 heavy (non-hydrogen) atoms. The Balaban J connectivity index is 2.05. The Bertz CT molecular complexity index is 1410. The molecule has 2 amide bonds. The number of sulfonamides is 1. The van der Waals surface area contributed by atoms with Crippen LogP contribution in [-0.2, 0) is 32.6 Å². The molecule has 0 aliphatic heterocycles. The number of benzene rings is 3. The highest BCUT2D eigenvalue weighted by Crippen LogP contribution is 2.26. The topological polar surface area (TPSA) is 86.8 Å². The van der Waals surface area contributed by atoms with E-state index in [0.29, 0.717) is 16.6 Å². The van der Waals surface area contributed by atoms with Crippen LogP contribution < -0.4 is 9.62 Å². The van der Waals surface area contributed by atoms with Crippen LogP contribution in [0.5, 0.6) is 0 Å². The van der Waals surface area contributed by atoms with Gasteiger partial charge in [-0.3, -0.25) is 13.9 Å². The minimum absolute atomic E-state index is 0.0782. The zero-order valence-electron chi connectivity index (χ0n) is 23.1. The van der Waals surface area contributed by atoms with Gasteiger partial charge in [0.2, 0.25) is 21.8 Å². The van der Waals surface area contributed by atoms with Crippen LogP contribution in [0.2, 0.25) is 10.0 Å². The zero-order chi connectivity index (χ0) is 29.4. The molecule has 0 heterocycles. The summed E-state index contributed by atoms with van der Waals surface area (Å²) >= 11 is 12.4. The fourth-order valence-corrected chi connectivity index (χ4v) is 5.26. The highest BCUT2D eigenvalue weighted by atomic mass is 35.5. The molecule has 0 bridgehead atoms. The first kappa shape index (κ1) is 31.5. The summed E-state index contributed by atoms with van der Waals surface area (Å²) in [5, 5.41) is 3.88. The van der Waals surface area contributed by atoms with Gasteiger partial charge in [-0.15, -0.1) is 0 Å². The van der Waals surface area contributed by atoms with Crippen molar-refractivity contribution in [2.45, 2.75) is 39.8 Å². The molecule has 3 aromatic rings. The lowest BCUT2D eigenvalue weighted by Gasteiger charge is -2.33. The Labute approximate surface area is 247 Å². The number of aryl methyl sites for hydroxylation is 1. The number of carbonyl (C=O) groups excluding carboxylic acids is 2. The van der Waals surface area contributed by atoms with Gasteiger partial charge < -0.3 is 10.2 Å². The number of halogens is 2. The Morgan fingerprint density at radius 1 is 0.925 bits per heavy atom. The molecule has 1 N–H and O–H groups in total. The first-order valence-corrected chi connectivity index (χ1v) is 15.5. The van der Waals surface area contributed by atoms with E-state index in [-0.39, 0.29) is 30.5 Å². The average Bonchev–Trinajstić information content (AvgIpc) is 2.90. The van der Waals surface area contributed by atoms with E-state index in [9.17, 15) is 18.0 Å². The van der Waals surface area contributed by atoms with E-state index in [1.165, 1.54) is 11.0 Å². The Kier molecular flexibility index (Phi) is 11.0. The molecule has 7 nitrogen and oxygen atoms in total. The minimum atomic E-state index is -3.87. The van der Waals surface area contributed by atoms with Crippen LogP contribution in [0.3, 0.4) is 0 Å². The lowest BCUT2D eigenvalue weighted by Crippen LogP contribution is -2.53. The van der Waals surface area contributed by atoms with Crippen LogP contribution in [0.15, 0.2) is 72.8 Å². The quantitative estimate of drug-likeness (QED) is 0.297. The predicted molar refractivity (Wildman–Crippen MR) is 162 cm³/mol. The molecule has 0 spiro atoms. The fourth-order valence-electron chi connectivity index (χ4n) is 4.11. The van der Waals surface area contributed by atoms with Gasteiger partial charge in [0.1, 0.15) is 12.6 Å². The van der Waals surface area contributed by atoms with Crippen molar-refractivity contribution in [3.05, 3.63) is 99.5 Å². The average molecular weight is 605 g/mol. The van der Waals surface area contributed by atoms with E-state index in [1.807, 2.05) is 44.2 Å². The van der Waals surface area contributed by atoms with Crippen LogP contribution in [0.25, 0.3) is 0 Å². The maximum atomic E-state index is 14.1. The highest BCUT2D eigenvalue weighted by Gasteiger charge is 2.33. The van der Waals surface area contributed by atoms with Gasteiger partial charge in [0, 0.05) is 29.6 Å². The molecular weight excluding hydrogens is 569 g/mol. The van der Waals surface area contributed by atoms with Gasteiger partial charge >= 0.3 is 0 Å². The van der Waals surface area contributed by atoms with Gasteiger partial charge in [-0.2, -0.15) is 0 Å². The summed E-state index contributed by atoms with van der Waals surface area (Å²) in [6, 6.07) is 20.3. The normalized spacial score (nSPS) is 12.2. The molecule has 3 rings (SSSR count). The summed E-state index contributed by atoms with van der Waals surface area (Å²) in [5.41, 5.74) is 2.66. The first-order chi connectivity index (χ1) is 18.8. The minimum Gasteiger partial charge on any atom is -0.354 e. The van der Waals surface area contributed by atoms with Crippen molar-refractivity contribution < 1.29 is 18.0 Å². The lowest BCUT2D eigenvalue weighted by molar-refractivity contribution is -0.140. The third kappa shape index (κ3) is 8.98. The predicted octanol–water partition coefficient (Wildman–Crippen LogP) is 5.48. The fraction of sp³-hybridized carbons (Fsp3) is 0.333. The number of rotatable bonds is 12. The van der Waals surface area contributed by atoms with Crippen molar-refractivity contribution in [3.63, 3.8) is 0 Å². The molecule has 0 aliphatic carbocycles. The number of nitrogens with zero attached hydrogens (tertiary/aromatic N) is 2. The third-order valence-corrected chi connectivity index (χ3v) is 8.14. The highest BCUT2D eigenvalue weighted by molar-refractivity contribution is 7.92. The van der Waals surface area contributed by atoms with Gasteiger partial charge in [-0.25, -0.2) is 8.42 Å². The van der Waals surface area contributed by atoms with Crippen molar-refractivity contribution in [3.8, 4) is 0 Å². The molecule has 0 saturated carbocycles. The van der Waals surface area contributed by atoms with E-state index in [0.717, 1.165) is 27.3 Å². The van der Waals surface area contributed by atoms with E-state index in [4.69, 9.17) is 23.2 Å². The number of anilines is 1. The van der Waals surface area contributed by atoms with Gasteiger partial charge in [0.15, 0.2) is 0 Å². The SMILES string of the molecule is Cc1ccc(N(CC(=O)N(Cc2ccc(Cl)cc2)[C@H](Cc2ccccc2)C(=O)NCC(C)C)S(C)(=O)=O)cc1Cl. The molecule has 3 aromatic carbocycles. The summed E-state index contributed by atoms with van der Waals surface area (Å²) in [5.74, 6) is -0.643. The molecular formula is C30H35Cl2N3O4S. The van der Waals surface area contributed by atoms with Crippen molar-refractivity contribution in [2.75, 3.05) is 23.7 Å². The molecule has 0 saturated heterocycles. The molecule has 10 heteroatoms. The van der Waals surface area contributed by atoms with Crippen molar-refractivity contribution in [1.29, 1.82) is 0 Å². The standard InChI is InChI=1S/C30H35Cl2N3O4S/c1-21(2)18-33-30(37)28(16-23-8-6-5-7-9-23)34(19-24-11-13-25(31)14-12-24)29(36)20-35(40(4,38)39)26-15-10-22(3)27(32)17-26/h5-15,17,21,28H,16,18-20H2,1-4H3,(H,33,37)/t28-/m1/s1. The summed E-state index contributed by atoms with van der Waals surface area (Å²) < 4.78 is 26.8. The van der Waals surface area contributed by atoms with Gasteiger partial charge in [0.05, 0.1) is 11.9 Å². The molecule has 0 fully saturated rings. The molecule has 214 valence electrons. The second kappa shape index (κ2) is 14.0. The number of hydrogen-bond donors (Lipinski definition) is 1. The van der Waals surface area contributed by atoms with Gasteiger partial charge in [0.25, 0.3) is 0 Å². The van der Waals surface area contributed by atoms with Crippen molar-refractivity contribution in [2.24, 2.45) is 5.92 Å². The van der Waals surface area contributed by atoms with Crippen LogP contribution in [0.1, 0.15) is 30.5 Å². The smallest absolute Gasteiger partial charge is 0.244 e. The largest absolute Gasteiger partial charge is 0.354 e. The van der Waals surface area contributed by atoms with Crippen molar-refractivity contribution in [1.82, 2.24) is 10.2 Å². The van der Waals surface area contributed by atoms with E-state index < -0.39 is 28.5 Å². The summed E-state index contributed by atoms with van der Waals surface area (Å²) in [6.07, 6.45) is 1.29. The second-order valence-corrected chi connectivity index (χ2v) is 12.9. The maximum absolute atomic E-state index is 14.1. The lowest BCUT2D eigenvalue weighted by atomic mass is 10.0. The Morgan fingerprint density at radius 3 is 2.15 bits per heavy atom. The second-order valence-electron chi connectivity index (χ2n) is 10.2. The summed E-state index contributed by atoms with van der Waals surface area (Å²) in [7, 11) is -3.87. The van der Waals surface area contributed by atoms with Gasteiger partial charge in [-0.05, 0) is 53.8 Å². The third-order valence-electron chi connectivity index (χ3n) is 6.34. The molecule has 0 aliphatic rings. The monoisotopic (exact) mass is 603 g/mol. The molecule has 0 unspecified atom stereocenters.